The van der Waals surface area contributed by atoms with E-state index in [1.54, 1.807) is 0 Å². The van der Waals surface area contributed by atoms with Gasteiger partial charge in [0.1, 0.15) is 0 Å². The van der Waals surface area contributed by atoms with Crippen molar-refractivity contribution in [2.24, 2.45) is 0 Å². The van der Waals surface area contributed by atoms with Crippen molar-refractivity contribution in [3.8, 4) is 17.4 Å². The summed E-state index contributed by atoms with van der Waals surface area (Å²) in [4.78, 5) is 0. The van der Waals surface area contributed by atoms with Crippen LogP contribution in [0.4, 0.5) is 0 Å². The highest BCUT2D eigenvalue weighted by molar-refractivity contribution is 6.09. The van der Waals surface area contributed by atoms with Gasteiger partial charge < -0.3 is 9.13 Å². The summed E-state index contributed by atoms with van der Waals surface area (Å²) in [5, 5.41) is 13.6. The van der Waals surface area contributed by atoms with Gasteiger partial charge in [-0.3, -0.25) is 0 Å². The number of hydrogen-bond acceptors (Lipinski definition) is 1. The Kier molecular flexibility index (Phi) is 5.09. The van der Waals surface area contributed by atoms with Crippen LogP contribution in [0.1, 0.15) is 23.7 Å². The van der Waals surface area contributed by atoms with Crippen LogP contribution in [-0.2, 0) is 0 Å². The van der Waals surface area contributed by atoms with Crippen LogP contribution in [0.5, 0.6) is 0 Å². The van der Waals surface area contributed by atoms with E-state index >= 15 is 0 Å². The van der Waals surface area contributed by atoms with Crippen molar-refractivity contribution in [3.63, 3.8) is 0 Å². The number of hydrogen-bond donors (Lipinski definition) is 0. The molecule has 0 aliphatic heterocycles. The Morgan fingerprint density at radius 3 is 1.81 bits per heavy atom. The molecule has 0 spiro atoms. The molecule has 3 heteroatoms. The molecule has 6 aromatic rings. The van der Waals surface area contributed by atoms with E-state index in [9.17, 15) is 5.26 Å². The number of rotatable bonds is 4. The minimum absolute atomic E-state index is 0.620. The smallest absolute Gasteiger partial charge is 0.0993 e. The summed E-state index contributed by atoms with van der Waals surface area (Å²) < 4.78 is 4.51. The molecule has 0 atom stereocenters. The first-order valence-electron chi connectivity index (χ1n) is 12.0. The van der Waals surface area contributed by atoms with Crippen LogP contribution in [0.15, 0.2) is 109 Å². The molecular formula is C33H25N3. The van der Waals surface area contributed by atoms with Gasteiger partial charge in [0.15, 0.2) is 0 Å². The molecular weight excluding hydrogens is 438 g/mol. The standard InChI is InChI=1S/C33H25N3/c1-22(2)16-17-30-23(3)27-10-4-7-13-31(27)35(30)25-18-24(21-34)19-26(20-25)36-32-14-8-5-11-28(32)29-12-6-9-15-33(29)36/h4-20H,1H2,2-3H3/b17-16-. The van der Waals surface area contributed by atoms with Gasteiger partial charge in [0.25, 0.3) is 0 Å². The Labute approximate surface area is 210 Å². The molecule has 0 bridgehead atoms. The quantitative estimate of drug-likeness (QED) is 0.241. The fourth-order valence-corrected chi connectivity index (χ4v) is 5.24. The van der Waals surface area contributed by atoms with E-state index in [0.29, 0.717) is 5.56 Å². The molecule has 0 saturated carbocycles. The van der Waals surface area contributed by atoms with E-state index in [1.165, 1.54) is 21.7 Å². The average molecular weight is 464 g/mol. The van der Waals surface area contributed by atoms with Crippen molar-refractivity contribution in [3.05, 3.63) is 126 Å². The molecule has 36 heavy (non-hydrogen) atoms. The number of nitriles is 1. The minimum Gasteiger partial charge on any atom is -0.309 e. The Morgan fingerprint density at radius 1 is 0.750 bits per heavy atom. The maximum absolute atomic E-state index is 10.0. The van der Waals surface area contributed by atoms with Crippen molar-refractivity contribution in [1.29, 1.82) is 5.26 Å². The van der Waals surface area contributed by atoms with Gasteiger partial charge in [-0.05, 0) is 61.9 Å². The van der Waals surface area contributed by atoms with Crippen molar-refractivity contribution >= 4 is 38.8 Å². The molecule has 0 N–H and O–H groups in total. The van der Waals surface area contributed by atoms with Gasteiger partial charge in [0.05, 0.1) is 28.2 Å². The van der Waals surface area contributed by atoms with Gasteiger partial charge in [0, 0.05) is 33.2 Å². The second-order valence-electron chi connectivity index (χ2n) is 9.26. The summed E-state index contributed by atoms with van der Waals surface area (Å²) in [7, 11) is 0. The van der Waals surface area contributed by atoms with Gasteiger partial charge in [-0.1, -0.05) is 72.8 Å². The van der Waals surface area contributed by atoms with Crippen molar-refractivity contribution in [2.75, 3.05) is 0 Å². The molecule has 4 aromatic carbocycles. The summed E-state index contributed by atoms with van der Waals surface area (Å²) >= 11 is 0. The highest BCUT2D eigenvalue weighted by Gasteiger charge is 2.17. The fourth-order valence-electron chi connectivity index (χ4n) is 5.24. The fraction of sp³-hybridized carbons (Fsp3) is 0.0606. The zero-order valence-electron chi connectivity index (χ0n) is 20.4. The Balaban J connectivity index is 1.70. The normalized spacial score (nSPS) is 11.6. The Bertz CT molecular complexity index is 1830. The van der Waals surface area contributed by atoms with Crippen molar-refractivity contribution < 1.29 is 0 Å². The molecule has 6 rings (SSSR count). The van der Waals surface area contributed by atoms with Gasteiger partial charge in [0.2, 0.25) is 0 Å². The van der Waals surface area contributed by atoms with Crippen LogP contribution in [0.25, 0.3) is 50.2 Å². The molecule has 0 fully saturated rings. The molecule has 172 valence electrons. The largest absolute Gasteiger partial charge is 0.309 e. The lowest BCUT2D eigenvalue weighted by Crippen LogP contribution is -2.02. The Hall–Kier alpha value is -4.81. The summed E-state index contributed by atoms with van der Waals surface area (Å²) in [6.07, 6.45) is 4.16. The van der Waals surface area contributed by atoms with E-state index in [4.69, 9.17) is 0 Å². The second kappa shape index (κ2) is 8.45. The predicted octanol–water partition coefficient (Wildman–Crippen LogP) is 8.50. The van der Waals surface area contributed by atoms with E-state index in [1.807, 2.05) is 25.1 Å². The summed E-state index contributed by atoms with van der Waals surface area (Å²) in [5.41, 5.74) is 9.17. The zero-order valence-corrected chi connectivity index (χ0v) is 20.4. The number of aryl methyl sites for hydroxylation is 1. The van der Waals surface area contributed by atoms with E-state index in [2.05, 4.69) is 114 Å². The topological polar surface area (TPSA) is 33.6 Å². The molecule has 0 amide bonds. The van der Waals surface area contributed by atoms with Crippen LogP contribution >= 0.6 is 0 Å². The molecule has 0 aliphatic carbocycles. The van der Waals surface area contributed by atoms with E-state index in [-0.39, 0.29) is 0 Å². The molecule has 2 aromatic heterocycles. The molecule has 0 unspecified atom stereocenters. The lowest BCUT2D eigenvalue weighted by molar-refractivity contribution is 1.08. The highest BCUT2D eigenvalue weighted by Crippen LogP contribution is 2.35. The van der Waals surface area contributed by atoms with Crippen LogP contribution in [0.3, 0.4) is 0 Å². The number of benzene rings is 4. The first-order chi connectivity index (χ1) is 17.6. The molecule has 3 nitrogen and oxygen atoms in total. The van der Waals surface area contributed by atoms with Gasteiger partial charge in [-0.15, -0.1) is 0 Å². The SMILES string of the molecule is C=C(C)/C=C\c1c(C)c2ccccc2n1-c1cc(C#N)cc(-n2c3ccccc3c3ccccc32)c1. The molecule has 0 radical (unpaired) electrons. The maximum atomic E-state index is 10.0. The maximum Gasteiger partial charge on any atom is 0.0993 e. The van der Waals surface area contributed by atoms with Crippen LogP contribution in [0.2, 0.25) is 0 Å². The third-order valence-electron chi connectivity index (χ3n) is 6.83. The van der Waals surface area contributed by atoms with Crippen molar-refractivity contribution in [2.45, 2.75) is 13.8 Å². The lowest BCUT2D eigenvalue weighted by Gasteiger charge is -2.14. The molecule has 0 aliphatic rings. The molecule has 0 saturated heterocycles. The first-order valence-corrected chi connectivity index (χ1v) is 12.0. The van der Waals surface area contributed by atoms with Crippen LogP contribution in [-0.4, -0.2) is 9.13 Å². The summed E-state index contributed by atoms with van der Waals surface area (Å²) in [6, 6.07) is 33.8. The molecule has 2 heterocycles. The summed E-state index contributed by atoms with van der Waals surface area (Å²) in [5.74, 6) is 0. The lowest BCUT2D eigenvalue weighted by atomic mass is 10.1. The van der Waals surface area contributed by atoms with Gasteiger partial charge in [-0.2, -0.15) is 5.26 Å². The summed E-state index contributed by atoms with van der Waals surface area (Å²) in [6.45, 7) is 8.19. The second-order valence-corrected chi connectivity index (χ2v) is 9.26. The van der Waals surface area contributed by atoms with E-state index in [0.717, 1.165) is 39.2 Å². The van der Waals surface area contributed by atoms with Crippen LogP contribution in [0, 0.1) is 18.3 Å². The monoisotopic (exact) mass is 463 g/mol. The predicted molar refractivity (Wildman–Crippen MR) is 151 cm³/mol. The van der Waals surface area contributed by atoms with Crippen LogP contribution < -0.4 is 0 Å². The number of para-hydroxylation sites is 3. The van der Waals surface area contributed by atoms with E-state index < -0.39 is 0 Å². The number of fused-ring (bicyclic) bond motifs is 4. The Morgan fingerprint density at radius 2 is 1.25 bits per heavy atom. The van der Waals surface area contributed by atoms with Crippen molar-refractivity contribution in [1.82, 2.24) is 9.13 Å². The zero-order chi connectivity index (χ0) is 24.8. The van der Waals surface area contributed by atoms with Gasteiger partial charge in [-0.25, -0.2) is 0 Å². The minimum atomic E-state index is 0.620. The number of allylic oxidation sites excluding steroid dienone is 2. The first kappa shape index (κ1) is 21.7. The number of nitrogens with zero attached hydrogens (tertiary/aromatic N) is 3. The third-order valence-corrected chi connectivity index (χ3v) is 6.83. The average Bonchev–Trinajstić information content (AvgIpc) is 3.39. The third kappa shape index (κ3) is 3.35. The highest BCUT2D eigenvalue weighted by atomic mass is 15.0. The van der Waals surface area contributed by atoms with Gasteiger partial charge >= 0.3 is 0 Å². The number of aromatic nitrogens is 2.